The van der Waals surface area contributed by atoms with E-state index < -0.39 is 0 Å². The molecule has 1 aromatic carbocycles. The molecule has 0 atom stereocenters. The molecule has 0 fully saturated rings. The summed E-state index contributed by atoms with van der Waals surface area (Å²) in [7, 11) is 2.05. The van der Waals surface area contributed by atoms with Crippen LogP contribution in [0.15, 0.2) is 48.7 Å². The number of aryl methyl sites for hydroxylation is 1. The van der Waals surface area contributed by atoms with Crippen molar-refractivity contribution in [3.05, 3.63) is 59.9 Å². The lowest BCUT2D eigenvalue weighted by molar-refractivity contribution is 0.899. The van der Waals surface area contributed by atoms with Gasteiger partial charge in [0.2, 0.25) is 0 Å². The first-order valence-corrected chi connectivity index (χ1v) is 7.17. The second-order valence-electron chi connectivity index (χ2n) is 5.25. The maximum absolute atomic E-state index is 5.78. The van der Waals surface area contributed by atoms with Crippen molar-refractivity contribution in [3.8, 4) is 0 Å². The molecule has 0 aliphatic heterocycles. The molecule has 0 radical (unpaired) electrons. The molecule has 0 unspecified atom stereocenters. The lowest BCUT2D eigenvalue weighted by Crippen LogP contribution is -2.14. The first-order valence-electron chi connectivity index (χ1n) is 7.17. The zero-order chi connectivity index (χ0) is 14.8. The molecular weight excluding hydrogens is 260 g/mol. The summed E-state index contributed by atoms with van der Waals surface area (Å²) in [6.07, 6.45) is 2.84. The molecule has 3 rings (SSSR count). The van der Waals surface area contributed by atoms with Crippen molar-refractivity contribution in [1.82, 2.24) is 9.38 Å². The third-order valence-corrected chi connectivity index (χ3v) is 3.70. The summed E-state index contributed by atoms with van der Waals surface area (Å²) in [5, 5.41) is 0. The number of fused-ring (bicyclic) bond motifs is 1. The Labute approximate surface area is 124 Å². The van der Waals surface area contributed by atoms with E-state index in [2.05, 4.69) is 47.5 Å². The zero-order valence-corrected chi connectivity index (χ0v) is 12.5. The molecule has 0 bridgehead atoms. The first kappa shape index (κ1) is 13.6. The molecule has 21 heavy (non-hydrogen) atoms. The molecule has 2 heterocycles. The van der Waals surface area contributed by atoms with Crippen LogP contribution >= 0.6 is 0 Å². The van der Waals surface area contributed by atoms with Crippen LogP contribution in [0.2, 0.25) is 0 Å². The number of benzene rings is 1. The minimum Gasteiger partial charge on any atom is -0.330 e. The molecule has 0 aliphatic rings. The van der Waals surface area contributed by atoms with E-state index in [1.165, 1.54) is 5.56 Å². The van der Waals surface area contributed by atoms with Crippen molar-refractivity contribution in [2.75, 3.05) is 18.5 Å². The number of aromatic nitrogens is 2. The van der Waals surface area contributed by atoms with E-state index >= 15 is 0 Å². The molecule has 0 saturated carbocycles. The van der Waals surface area contributed by atoms with Crippen LogP contribution in [0, 0.1) is 6.92 Å². The maximum atomic E-state index is 5.78. The summed E-state index contributed by atoms with van der Waals surface area (Å²) >= 11 is 0. The Bertz CT molecular complexity index is 760. The highest BCUT2D eigenvalue weighted by Gasteiger charge is 2.16. The second kappa shape index (κ2) is 5.58. The number of nitrogens with two attached hydrogens (primary N) is 1. The predicted molar refractivity (Wildman–Crippen MR) is 87.2 cm³/mol. The number of anilines is 2. The summed E-state index contributed by atoms with van der Waals surface area (Å²) in [6.45, 7) is 2.71. The van der Waals surface area contributed by atoms with Crippen LogP contribution in [-0.2, 0) is 6.42 Å². The lowest BCUT2D eigenvalue weighted by Gasteiger charge is -2.19. The Balaban J connectivity index is 2.12. The standard InChI is InChI=1S/C17H20N4/c1-13-6-5-7-14(12-13)20(2)17-15(9-10-18)21-11-4-3-8-16(21)19-17/h3-8,11-12H,9-10,18H2,1-2H3. The van der Waals surface area contributed by atoms with Crippen LogP contribution in [0.1, 0.15) is 11.3 Å². The third-order valence-electron chi connectivity index (χ3n) is 3.70. The number of hydrogen-bond acceptors (Lipinski definition) is 3. The van der Waals surface area contributed by atoms with Gasteiger partial charge in [-0.05, 0) is 43.3 Å². The largest absolute Gasteiger partial charge is 0.330 e. The van der Waals surface area contributed by atoms with Crippen LogP contribution in [0.3, 0.4) is 0 Å². The number of nitrogens with zero attached hydrogens (tertiary/aromatic N) is 3. The van der Waals surface area contributed by atoms with Gasteiger partial charge < -0.3 is 15.0 Å². The van der Waals surface area contributed by atoms with Gasteiger partial charge in [0.1, 0.15) is 5.65 Å². The highest BCUT2D eigenvalue weighted by molar-refractivity contribution is 5.65. The van der Waals surface area contributed by atoms with E-state index in [4.69, 9.17) is 10.7 Å². The van der Waals surface area contributed by atoms with Crippen molar-refractivity contribution < 1.29 is 0 Å². The van der Waals surface area contributed by atoms with Gasteiger partial charge in [-0.25, -0.2) is 4.98 Å². The quantitative estimate of drug-likeness (QED) is 0.799. The second-order valence-corrected chi connectivity index (χ2v) is 5.25. The third kappa shape index (κ3) is 2.50. The first-order chi connectivity index (χ1) is 10.2. The van der Waals surface area contributed by atoms with Crippen molar-refractivity contribution in [2.24, 2.45) is 5.73 Å². The van der Waals surface area contributed by atoms with Gasteiger partial charge in [-0.1, -0.05) is 18.2 Å². The number of pyridine rings is 1. The van der Waals surface area contributed by atoms with E-state index in [1.807, 2.05) is 24.4 Å². The Morgan fingerprint density at radius 3 is 2.81 bits per heavy atom. The highest BCUT2D eigenvalue weighted by Crippen LogP contribution is 2.28. The van der Waals surface area contributed by atoms with Crippen molar-refractivity contribution in [1.29, 1.82) is 0 Å². The number of imidazole rings is 1. The molecule has 3 aromatic rings. The molecule has 2 N–H and O–H groups in total. The van der Waals surface area contributed by atoms with Gasteiger partial charge in [0.25, 0.3) is 0 Å². The molecule has 0 saturated heterocycles. The minimum atomic E-state index is 0.608. The van der Waals surface area contributed by atoms with Gasteiger partial charge in [-0.15, -0.1) is 0 Å². The van der Waals surface area contributed by atoms with Gasteiger partial charge in [-0.3, -0.25) is 0 Å². The van der Waals surface area contributed by atoms with Crippen LogP contribution in [0.5, 0.6) is 0 Å². The van der Waals surface area contributed by atoms with E-state index in [-0.39, 0.29) is 0 Å². The van der Waals surface area contributed by atoms with Gasteiger partial charge >= 0.3 is 0 Å². The monoisotopic (exact) mass is 280 g/mol. The van der Waals surface area contributed by atoms with Crippen molar-refractivity contribution >= 4 is 17.2 Å². The van der Waals surface area contributed by atoms with Crippen molar-refractivity contribution in [2.45, 2.75) is 13.3 Å². The van der Waals surface area contributed by atoms with Gasteiger partial charge in [-0.2, -0.15) is 0 Å². The molecule has 0 spiro atoms. The summed E-state index contributed by atoms with van der Waals surface area (Å²) in [5.41, 5.74) is 10.3. The van der Waals surface area contributed by atoms with E-state index in [0.29, 0.717) is 6.54 Å². The lowest BCUT2D eigenvalue weighted by atomic mass is 10.2. The summed E-state index contributed by atoms with van der Waals surface area (Å²) < 4.78 is 2.12. The Morgan fingerprint density at radius 2 is 2.05 bits per heavy atom. The average molecular weight is 280 g/mol. The summed E-state index contributed by atoms with van der Waals surface area (Å²) in [6, 6.07) is 14.5. The Hall–Kier alpha value is -2.33. The summed E-state index contributed by atoms with van der Waals surface area (Å²) in [4.78, 5) is 6.90. The molecule has 108 valence electrons. The Morgan fingerprint density at radius 1 is 1.19 bits per heavy atom. The molecule has 0 amide bonds. The Kier molecular flexibility index (Phi) is 3.62. The fourth-order valence-corrected chi connectivity index (χ4v) is 2.63. The van der Waals surface area contributed by atoms with Gasteiger partial charge in [0.15, 0.2) is 5.82 Å². The van der Waals surface area contributed by atoms with Crippen molar-refractivity contribution in [3.63, 3.8) is 0 Å². The fourth-order valence-electron chi connectivity index (χ4n) is 2.63. The van der Waals surface area contributed by atoms with E-state index in [9.17, 15) is 0 Å². The molecule has 4 nitrogen and oxygen atoms in total. The normalized spacial score (nSPS) is 11.0. The smallest absolute Gasteiger partial charge is 0.155 e. The number of hydrogen-bond donors (Lipinski definition) is 1. The van der Waals surface area contributed by atoms with Gasteiger partial charge in [0.05, 0.1) is 5.69 Å². The highest BCUT2D eigenvalue weighted by atomic mass is 15.2. The van der Waals surface area contributed by atoms with Crippen LogP contribution < -0.4 is 10.6 Å². The molecular formula is C17H20N4. The van der Waals surface area contributed by atoms with E-state index in [1.54, 1.807) is 0 Å². The van der Waals surface area contributed by atoms with Gasteiger partial charge in [0, 0.05) is 25.4 Å². The van der Waals surface area contributed by atoms with Crippen LogP contribution in [-0.4, -0.2) is 23.0 Å². The SMILES string of the molecule is Cc1cccc(N(C)c2nc3ccccn3c2CCN)c1. The molecule has 4 heteroatoms. The van der Waals surface area contributed by atoms with Crippen LogP contribution in [0.4, 0.5) is 11.5 Å². The number of rotatable bonds is 4. The molecule has 0 aliphatic carbocycles. The van der Waals surface area contributed by atoms with E-state index in [0.717, 1.165) is 29.3 Å². The minimum absolute atomic E-state index is 0.608. The zero-order valence-electron chi connectivity index (χ0n) is 12.5. The predicted octanol–water partition coefficient (Wildman–Crippen LogP) is 2.91. The summed E-state index contributed by atoms with van der Waals surface area (Å²) in [5.74, 6) is 0.970. The van der Waals surface area contributed by atoms with Crippen LogP contribution in [0.25, 0.3) is 5.65 Å². The maximum Gasteiger partial charge on any atom is 0.155 e. The fraction of sp³-hybridized carbons (Fsp3) is 0.235. The topological polar surface area (TPSA) is 46.6 Å². The average Bonchev–Trinajstić information content (AvgIpc) is 2.86. The molecule has 2 aromatic heterocycles.